The lowest BCUT2D eigenvalue weighted by Gasteiger charge is -2.29. The van der Waals surface area contributed by atoms with Crippen molar-refractivity contribution in [2.75, 3.05) is 13.1 Å². The number of halogens is 3. The molecule has 1 rings (SSSR count). The van der Waals surface area contributed by atoms with Gasteiger partial charge in [-0.25, -0.2) is 0 Å². The Morgan fingerprint density at radius 1 is 1.41 bits per heavy atom. The van der Waals surface area contributed by atoms with Crippen molar-refractivity contribution in [1.29, 1.82) is 0 Å². The van der Waals surface area contributed by atoms with E-state index >= 15 is 0 Å². The average molecular weight is 254 g/mol. The van der Waals surface area contributed by atoms with E-state index in [0.717, 1.165) is 0 Å². The first kappa shape index (κ1) is 13.8. The molecule has 0 aliphatic carbocycles. The van der Waals surface area contributed by atoms with Crippen LogP contribution in [-0.2, 0) is 9.59 Å². The maximum Gasteiger partial charge on any atom is 0.471 e. The zero-order chi connectivity index (χ0) is 13.1. The summed E-state index contributed by atoms with van der Waals surface area (Å²) >= 11 is 0. The first-order valence-electron chi connectivity index (χ1n) is 5.13. The van der Waals surface area contributed by atoms with Crippen LogP contribution in [0.15, 0.2) is 0 Å². The topological polar surface area (TPSA) is 78.4 Å². The van der Waals surface area contributed by atoms with Gasteiger partial charge in [-0.05, 0) is 19.4 Å². The molecule has 0 unspecified atom stereocenters. The number of carbonyl (C=O) groups excluding carboxylic acids is 1. The summed E-state index contributed by atoms with van der Waals surface area (Å²) in [6, 6.07) is -0.905. The van der Waals surface area contributed by atoms with Crippen LogP contribution in [0.5, 0.6) is 0 Å². The number of alkyl halides is 3. The molecule has 5 nitrogen and oxygen atoms in total. The smallest absolute Gasteiger partial charge is 0.471 e. The van der Waals surface area contributed by atoms with E-state index in [2.05, 4.69) is 5.32 Å². The molecule has 2 atom stereocenters. The Labute approximate surface area is 95.4 Å². The first-order chi connectivity index (χ1) is 7.82. The first-order valence-corrected chi connectivity index (χ1v) is 5.13. The maximum atomic E-state index is 11.9. The van der Waals surface area contributed by atoms with Crippen molar-refractivity contribution in [3.05, 3.63) is 0 Å². The molecule has 0 radical (unpaired) electrons. The monoisotopic (exact) mass is 254 g/mol. The van der Waals surface area contributed by atoms with E-state index in [-0.39, 0.29) is 6.54 Å². The Morgan fingerprint density at radius 2 is 2.06 bits per heavy atom. The number of rotatable bonds is 3. The van der Waals surface area contributed by atoms with Crippen LogP contribution in [0.3, 0.4) is 0 Å². The summed E-state index contributed by atoms with van der Waals surface area (Å²) in [7, 11) is 0. The number of hydrogen-bond acceptors (Lipinski definition) is 3. The fraction of sp³-hybridized carbons (Fsp3) is 0.778. The minimum absolute atomic E-state index is 0.289. The van der Waals surface area contributed by atoms with E-state index < -0.39 is 30.0 Å². The molecule has 3 N–H and O–H groups in total. The number of aliphatic carboxylic acids is 1. The Hall–Kier alpha value is -1.31. The van der Waals surface area contributed by atoms with Gasteiger partial charge in [0.1, 0.15) is 6.04 Å². The molecule has 0 saturated carbocycles. The lowest BCUT2D eigenvalue weighted by atomic mass is 9.91. The molecule has 1 saturated heterocycles. The third-order valence-corrected chi connectivity index (χ3v) is 2.64. The van der Waals surface area contributed by atoms with E-state index in [1.54, 1.807) is 5.32 Å². The van der Waals surface area contributed by atoms with Gasteiger partial charge in [-0.2, -0.15) is 13.2 Å². The molecule has 1 aliphatic rings. The van der Waals surface area contributed by atoms with Crippen molar-refractivity contribution >= 4 is 11.9 Å². The minimum atomic E-state index is -4.93. The third-order valence-electron chi connectivity index (χ3n) is 2.64. The summed E-state index contributed by atoms with van der Waals surface area (Å²) in [4.78, 5) is 21.4. The van der Waals surface area contributed by atoms with E-state index in [0.29, 0.717) is 19.4 Å². The molecule has 0 bridgehead atoms. The van der Waals surface area contributed by atoms with Gasteiger partial charge < -0.3 is 15.7 Å². The average Bonchev–Trinajstić information content (AvgIpc) is 2.24. The fourth-order valence-corrected chi connectivity index (χ4v) is 1.79. The van der Waals surface area contributed by atoms with Crippen molar-refractivity contribution in [1.82, 2.24) is 10.6 Å². The van der Waals surface area contributed by atoms with E-state index in [4.69, 9.17) is 5.11 Å². The summed E-state index contributed by atoms with van der Waals surface area (Å²) in [5, 5.41) is 13.2. The van der Waals surface area contributed by atoms with Crippen LogP contribution in [0.2, 0.25) is 0 Å². The Bertz CT molecular complexity index is 306. The third kappa shape index (κ3) is 3.88. The number of piperidine rings is 1. The number of carboxylic acids is 1. The highest BCUT2D eigenvalue weighted by Gasteiger charge is 2.39. The molecule has 17 heavy (non-hydrogen) atoms. The van der Waals surface area contributed by atoms with Crippen molar-refractivity contribution in [2.45, 2.75) is 25.1 Å². The molecule has 1 fully saturated rings. The Balaban J connectivity index is 2.49. The highest BCUT2D eigenvalue weighted by molar-refractivity contribution is 5.81. The number of carboxylic acid groups (broad SMARTS) is 1. The van der Waals surface area contributed by atoms with Crippen molar-refractivity contribution in [3.63, 3.8) is 0 Å². The second-order valence-electron chi connectivity index (χ2n) is 3.88. The number of amides is 1. The van der Waals surface area contributed by atoms with Crippen molar-refractivity contribution < 1.29 is 27.9 Å². The fourth-order valence-electron chi connectivity index (χ4n) is 1.79. The lowest BCUT2D eigenvalue weighted by Crippen LogP contribution is -2.51. The van der Waals surface area contributed by atoms with Gasteiger partial charge >= 0.3 is 18.1 Å². The number of nitrogens with one attached hydrogen (secondary N) is 2. The molecule has 0 aromatic carbocycles. The normalized spacial score (nSPS) is 25.4. The summed E-state index contributed by atoms with van der Waals surface area (Å²) < 4.78 is 35.7. The Kier molecular flexibility index (Phi) is 4.33. The number of hydrogen-bond donors (Lipinski definition) is 3. The van der Waals surface area contributed by atoms with Gasteiger partial charge in [-0.1, -0.05) is 0 Å². The number of carbonyl (C=O) groups is 2. The quantitative estimate of drug-likeness (QED) is 0.668. The molecule has 0 spiro atoms. The van der Waals surface area contributed by atoms with Gasteiger partial charge in [-0.15, -0.1) is 0 Å². The van der Waals surface area contributed by atoms with E-state index in [1.165, 1.54) is 0 Å². The van der Waals surface area contributed by atoms with Crippen LogP contribution in [0.4, 0.5) is 13.2 Å². The lowest BCUT2D eigenvalue weighted by molar-refractivity contribution is -0.173. The van der Waals surface area contributed by atoms with E-state index in [1.807, 2.05) is 0 Å². The zero-order valence-corrected chi connectivity index (χ0v) is 8.88. The summed E-state index contributed by atoms with van der Waals surface area (Å²) in [5.41, 5.74) is 0. The highest BCUT2D eigenvalue weighted by Crippen LogP contribution is 2.18. The minimum Gasteiger partial charge on any atom is -0.480 e. The molecular formula is C9H13F3N2O3. The zero-order valence-electron chi connectivity index (χ0n) is 8.88. The predicted octanol–water partition coefficient (Wildman–Crippen LogP) is 0.118. The standard InChI is InChI=1S/C9H13F3N2O3/c10-9(11,12)8(17)14-4-5-2-1-3-13-6(5)7(15)16/h5-6,13H,1-4H2,(H,14,17)(H,15,16)/t5-,6-/m1/s1. The molecule has 1 heterocycles. The van der Waals surface area contributed by atoms with Crippen LogP contribution in [0.25, 0.3) is 0 Å². The molecule has 98 valence electrons. The van der Waals surface area contributed by atoms with Gasteiger partial charge in [0.25, 0.3) is 0 Å². The van der Waals surface area contributed by atoms with Crippen LogP contribution >= 0.6 is 0 Å². The molecule has 0 aromatic rings. The van der Waals surface area contributed by atoms with Crippen molar-refractivity contribution in [2.24, 2.45) is 5.92 Å². The van der Waals surface area contributed by atoms with E-state index in [9.17, 15) is 22.8 Å². The SMILES string of the molecule is O=C(O)[C@@H]1NCCC[C@@H]1CNC(=O)C(F)(F)F. The van der Waals surface area contributed by atoms with Gasteiger partial charge in [0.05, 0.1) is 0 Å². The van der Waals surface area contributed by atoms with Gasteiger partial charge in [-0.3, -0.25) is 9.59 Å². The van der Waals surface area contributed by atoms with Crippen LogP contribution in [-0.4, -0.2) is 42.3 Å². The van der Waals surface area contributed by atoms with Gasteiger partial charge in [0.2, 0.25) is 0 Å². The molecule has 0 aromatic heterocycles. The second kappa shape index (κ2) is 5.35. The highest BCUT2D eigenvalue weighted by atomic mass is 19.4. The summed E-state index contributed by atoms with van der Waals surface area (Å²) in [6.07, 6.45) is -3.78. The van der Waals surface area contributed by atoms with Crippen LogP contribution in [0.1, 0.15) is 12.8 Å². The van der Waals surface area contributed by atoms with Gasteiger partial charge in [0.15, 0.2) is 0 Å². The van der Waals surface area contributed by atoms with Gasteiger partial charge in [0, 0.05) is 12.5 Å². The summed E-state index contributed by atoms with van der Waals surface area (Å²) in [5.74, 6) is -3.67. The summed E-state index contributed by atoms with van der Waals surface area (Å²) in [6.45, 7) is 0.225. The Morgan fingerprint density at radius 3 is 2.59 bits per heavy atom. The predicted molar refractivity (Wildman–Crippen MR) is 51.2 cm³/mol. The second-order valence-corrected chi connectivity index (χ2v) is 3.88. The van der Waals surface area contributed by atoms with Crippen LogP contribution < -0.4 is 10.6 Å². The maximum absolute atomic E-state index is 11.9. The molecular weight excluding hydrogens is 241 g/mol. The molecule has 8 heteroatoms. The molecule has 1 amide bonds. The largest absolute Gasteiger partial charge is 0.480 e. The molecule has 1 aliphatic heterocycles. The van der Waals surface area contributed by atoms with Crippen molar-refractivity contribution in [3.8, 4) is 0 Å². The van der Waals surface area contributed by atoms with Crippen LogP contribution in [0, 0.1) is 5.92 Å².